The van der Waals surface area contributed by atoms with Gasteiger partial charge in [-0.05, 0) is 61.4 Å². The molecule has 7 heteroatoms. The number of pyridine rings is 1. The number of carbonyl (C=O) groups excluding carboxylic acids is 1. The topological polar surface area (TPSA) is 78.9 Å². The molecule has 0 bridgehead atoms. The summed E-state index contributed by atoms with van der Waals surface area (Å²) in [6.07, 6.45) is 0.646. The lowest BCUT2D eigenvalue weighted by atomic mass is 10.0. The van der Waals surface area contributed by atoms with Crippen LogP contribution in [0.2, 0.25) is 0 Å². The highest BCUT2D eigenvalue weighted by Crippen LogP contribution is 2.34. The van der Waals surface area contributed by atoms with E-state index in [0.29, 0.717) is 47.2 Å². The molecule has 1 aromatic heterocycles. The van der Waals surface area contributed by atoms with E-state index < -0.39 is 0 Å². The van der Waals surface area contributed by atoms with Crippen molar-refractivity contribution in [2.75, 3.05) is 35.0 Å². The van der Waals surface area contributed by atoms with E-state index in [0.717, 1.165) is 27.6 Å². The van der Waals surface area contributed by atoms with Crippen molar-refractivity contribution in [3.05, 3.63) is 77.4 Å². The fourth-order valence-corrected chi connectivity index (χ4v) is 4.13. The van der Waals surface area contributed by atoms with Gasteiger partial charge in [0.25, 0.3) is 5.91 Å². The number of aromatic nitrogens is 1. The molecule has 186 valence electrons. The third-order valence-corrected chi connectivity index (χ3v) is 6.04. The van der Waals surface area contributed by atoms with Gasteiger partial charge >= 0.3 is 0 Å². The molecule has 0 atom stereocenters. The Labute approximate surface area is 211 Å². The second-order valence-corrected chi connectivity index (χ2v) is 8.34. The highest BCUT2D eigenvalue weighted by Gasteiger charge is 2.17. The average Bonchev–Trinajstić information content (AvgIpc) is 2.91. The first-order valence-corrected chi connectivity index (χ1v) is 11.6. The average molecular weight is 487 g/mol. The Morgan fingerprint density at radius 2 is 1.58 bits per heavy atom. The van der Waals surface area contributed by atoms with E-state index in [-0.39, 0.29) is 5.91 Å². The molecule has 36 heavy (non-hydrogen) atoms. The number of rotatable bonds is 9. The lowest BCUT2D eigenvalue weighted by Gasteiger charge is -2.14. The number of fused-ring (bicyclic) bond motifs is 1. The van der Waals surface area contributed by atoms with Crippen LogP contribution in [-0.2, 0) is 6.42 Å². The molecule has 1 heterocycles. The molecular weight excluding hydrogens is 456 g/mol. The Morgan fingerprint density at radius 1 is 0.806 bits per heavy atom. The summed E-state index contributed by atoms with van der Waals surface area (Å²) in [5, 5.41) is 3.86. The number of carbonyl (C=O) groups is 1. The molecule has 7 nitrogen and oxygen atoms in total. The summed E-state index contributed by atoms with van der Waals surface area (Å²) in [6.45, 7) is 2.46. The summed E-state index contributed by atoms with van der Waals surface area (Å²) in [6, 6.07) is 19.0. The van der Waals surface area contributed by atoms with E-state index >= 15 is 0 Å². The number of methoxy groups -OCH3 is 4. The van der Waals surface area contributed by atoms with Gasteiger partial charge in [0.15, 0.2) is 11.5 Å². The van der Waals surface area contributed by atoms with E-state index in [4.69, 9.17) is 23.9 Å². The zero-order valence-electron chi connectivity index (χ0n) is 21.2. The van der Waals surface area contributed by atoms with Gasteiger partial charge in [-0.1, -0.05) is 17.7 Å². The largest absolute Gasteiger partial charge is 0.497 e. The van der Waals surface area contributed by atoms with Crippen LogP contribution in [-0.4, -0.2) is 45.9 Å². The number of amides is 1. The predicted octanol–water partition coefficient (Wildman–Crippen LogP) is 5.22. The molecule has 0 saturated carbocycles. The molecule has 0 spiro atoms. The molecule has 0 aliphatic rings. The van der Waals surface area contributed by atoms with Crippen LogP contribution in [0.25, 0.3) is 22.2 Å². The van der Waals surface area contributed by atoms with Crippen molar-refractivity contribution in [2.24, 2.45) is 0 Å². The minimum atomic E-state index is -0.165. The zero-order valence-corrected chi connectivity index (χ0v) is 21.2. The minimum Gasteiger partial charge on any atom is -0.497 e. The number of ether oxygens (including phenoxy) is 4. The van der Waals surface area contributed by atoms with Gasteiger partial charge in [0.2, 0.25) is 0 Å². The third kappa shape index (κ3) is 5.20. The van der Waals surface area contributed by atoms with Crippen molar-refractivity contribution in [3.63, 3.8) is 0 Å². The number of aryl methyl sites for hydroxylation is 1. The van der Waals surface area contributed by atoms with E-state index in [1.54, 1.807) is 34.5 Å². The first kappa shape index (κ1) is 24.9. The third-order valence-electron chi connectivity index (χ3n) is 6.04. The summed E-state index contributed by atoms with van der Waals surface area (Å²) in [5.41, 5.74) is 4.81. The molecule has 4 aromatic rings. The number of nitrogens with zero attached hydrogens (tertiary/aromatic N) is 1. The fraction of sp³-hybridized carbons (Fsp3) is 0.241. The molecule has 4 rings (SSSR count). The van der Waals surface area contributed by atoms with E-state index in [9.17, 15) is 4.79 Å². The van der Waals surface area contributed by atoms with E-state index in [2.05, 4.69) is 5.32 Å². The molecular formula is C29H30N2O5. The molecule has 0 fully saturated rings. The van der Waals surface area contributed by atoms with Crippen LogP contribution in [0.4, 0.5) is 0 Å². The van der Waals surface area contributed by atoms with Crippen LogP contribution in [0.3, 0.4) is 0 Å². The second-order valence-electron chi connectivity index (χ2n) is 8.34. The fourth-order valence-electron chi connectivity index (χ4n) is 4.13. The van der Waals surface area contributed by atoms with Gasteiger partial charge in [-0.25, -0.2) is 4.98 Å². The number of benzene rings is 3. The monoisotopic (exact) mass is 486 g/mol. The Bertz CT molecular complexity index is 1400. The maximum absolute atomic E-state index is 13.4. The number of hydrogen-bond donors (Lipinski definition) is 1. The van der Waals surface area contributed by atoms with Crippen LogP contribution in [0, 0.1) is 6.92 Å². The molecule has 0 radical (unpaired) electrons. The van der Waals surface area contributed by atoms with Crippen LogP contribution < -0.4 is 24.3 Å². The predicted molar refractivity (Wildman–Crippen MR) is 141 cm³/mol. The van der Waals surface area contributed by atoms with Crippen molar-refractivity contribution in [2.45, 2.75) is 13.3 Å². The molecule has 3 aromatic carbocycles. The van der Waals surface area contributed by atoms with Gasteiger partial charge in [-0.15, -0.1) is 0 Å². The van der Waals surface area contributed by atoms with Crippen molar-refractivity contribution < 1.29 is 23.7 Å². The van der Waals surface area contributed by atoms with Crippen LogP contribution in [0.15, 0.2) is 60.7 Å². The maximum Gasteiger partial charge on any atom is 0.252 e. The Balaban J connectivity index is 1.64. The van der Waals surface area contributed by atoms with Crippen molar-refractivity contribution >= 4 is 16.8 Å². The quantitative estimate of drug-likeness (QED) is 0.350. The first-order valence-electron chi connectivity index (χ1n) is 11.6. The summed E-state index contributed by atoms with van der Waals surface area (Å²) >= 11 is 0. The van der Waals surface area contributed by atoms with E-state index in [1.165, 1.54) is 0 Å². The van der Waals surface area contributed by atoms with Crippen LogP contribution in [0.1, 0.15) is 21.5 Å². The molecule has 0 unspecified atom stereocenters. The molecule has 1 amide bonds. The van der Waals surface area contributed by atoms with Gasteiger partial charge in [-0.2, -0.15) is 0 Å². The Morgan fingerprint density at radius 3 is 2.31 bits per heavy atom. The van der Waals surface area contributed by atoms with E-state index in [1.807, 2.05) is 61.5 Å². The Hall–Kier alpha value is -4.26. The normalized spacial score (nSPS) is 10.7. The highest BCUT2D eigenvalue weighted by molar-refractivity contribution is 6.07. The number of hydrogen-bond acceptors (Lipinski definition) is 6. The Kier molecular flexibility index (Phi) is 7.59. The summed E-state index contributed by atoms with van der Waals surface area (Å²) < 4.78 is 21.6. The van der Waals surface area contributed by atoms with Gasteiger partial charge in [-0.3, -0.25) is 4.79 Å². The van der Waals surface area contributed by atoms with Crippen LogP contribution >= 0.6 is 0 Å². The summed E-state index contributed by atoms with van der Waals surface area (Å²) in [7, 11) is 6.42. The van der Waals surface area contributed by atoms with Crippen LogP contribution in [0.5, 0.6) is 23.0 Å². The van der Waals surface area contributed by atoms with Crippen molar-refractivity contribution in [3.8, 4) is 34.3 Å². The number of nitrogens with one attached hydrogen (secondary N) is 1. The van der Waals surface area contributed by atoms with Crippen molar-refractivity contribution in [1.29, 1.82) is 0 Å². The maximum atomic E-state index is 13.4. The minimum absolute atomic E-state index is 0.165. The second kappa shape index (κ2) is 11.0. The summed E-state index contributed by atoms with van der Waals surface area (Å²) in [5.74, 6) is 2.47. The summed E-state index contributed by atoms with van der Waals surface area (Å²) in [4.78, 5) is 18.2. The first-order chi connectivity index (χ1) is 17.5. The van der Waals surface area contributed by atoms with Gasteiger partial charge < -0.3 is 24.3 Å². The molecule has 0 saturated heterocycles. The van der Waals surface area contributed by atoms with Crippen molar-refractivity contribution in [1.82, 2.24) is 10.3 Å². The zero-order chi connectivity index (χ0) is 25.7. The molecule has 0 aliphatic carbocycles. The lowest BCUT2D eigenvalue weighted by molar-refractivity contribution is 0.0955. The lowest BCUT2D eigenvalue weighted by Crippen LogP contribution is -2.26. The standard InChI is InChI=1S/C29H30N2O5/c1-18-6-10-24-22(14-18)23(17-25(31-24)21-9-8-20(33-2)16-27(21)35-4)29(32)30-13-12-19-7-11-26(34-3)28(15-19)36-5/h6-11,14-17H,12-13H2,1-5H3,(H,30,32). The van der Waals surface area contributed by atoms with Gasteiger partial charge in [0.1, 0.15) is 11.5 Å². The van der Waals surface area contributed by atoms with Gasteiger partial charge in [0, 0.05) is 23.6 Å². The SMILES string of the molecule is COc1ccc(-c2cc(C(=O)NCCc3ccc(OC)c(OC)c3)c3cc(C)ccc3n2)c(OC)c1. The van der Waals surface area contributed by atoms with Gasteiger partial charge in [0.05, 0.1) is 45.2 Å². The highest BCUT2D eigenvalue weighted by atomic mass is 16.5. The smallest absolute Gasteiger partial charge is 0.252 e. The molecule has 0 aliphatic heterocycles. The molecule has 1 N–H and O–H groups in total.